The van der Waals surface area contributed by atoms with E-state index < -0.39 is 5.97 Å². The molecule has 0 bridgehead atoms. The topological polar surface area (TPSA) is 80.7 Å². The SMILES string of the molecule is CC(C)OC(=O)CSc1ccc(C(=O)CCC(=O)O)cc1. The molecule has 0 amide bonds. The minimum Gasteiger partial charge on any atom is -0.481 e. The number of carboxylic acid groups (broad SMARTS) is 1. The first-order valence-corrected chi connectivity index (χ1v) is 7.54. The first kappa shape index (κ1) is 17.2. The normalized spacial score (nSPS) is 10.4. The summed E-state index contributed by atoms with van der Waals surface area (Å²) in [5.41, 5.74) is 0.477. The van der Waals surface area contributed by atoms with E-state index in [1.54, 1.807) is 38.1 Å². The van der Waals surface area contributed by atoms with Gasteiger partial charge in [-0.15, -0.1) is 11.8 Å². The van der Waals surface area contributed by atoms with Gasteiger partial charge in [-0.3, -0.25) is 14.4 Å². The Balaban J connectivity index is 2.48. The highest BCUT2D eigenvalue weighted by molar-refractivity contribution is 8.00. The molecule has 0 aliphatic carbocycles. The number of rotatable bonds is 8. The van der Waals surface area contributed by atoms with Crippen LogP contribution in [0.5, 0.6) is 0 Å². The molecule has 0 radical (unpaired) electrons. The van der Waals surface area contributed by atoms with Crippen molar-refractivity contribution in [2.45, 2.75) is 37.7 Å². The highest BCUT2D eigenvalue weighted by Gasteiger charge is 2.10. The van der Waals surface area contributed by atoms with Crippen molar-refractivity contribution >= 4 is 29.5 Å². The lowest BCUT2D eigenvalue weighted by molar-refractivity contribution is -0.144. The van der Waals surface area contributed by atoms with Crippen molar-refractivity contribution in [3.8, 4) is 0 Å². The van der Waals surface area contributed by atoms with Gasteiger partial charge in [0.2, 0.25) is 0 Å². The number of carbonyl (C=O) groups is 3. The van der Waals surface area contributed by atoms with Crippen LogP contribution < -0.4 is 0 Å². The van der Waals surface area contributed by atoms with Crippen molar-refractivity contribution < 1.29 is 24.2 Å². The molecule has 1 rings (SSSR count). The molecule has 0 fully saturated rings. The average molecular weight is 310 g/mol. The Labute approximate surface area is 127 Å². The number of carbonyl (C=O) groups excluding carboxylic acids is 2. The number of benzene rings is 1. The Bertz CT molecular complexity index is 507. The number of carboxylic acids is 1. The predicted octanol–water partition coefficient (Wildman–Crippen LogP) is 2.78. The summed E-state index contributed by atoms with van der Waals surface area (Å²) in [5.74, 6) is -1.26. The summed E-state index contributed by atoms with van der Waals surface area (Å²) < 4.78 is 5.02. The van der Waals surface area contributed by atoms with Crippen molar-refractivity contribution in [2.75, 3.05) is 5.75 Å². The molecule has 0 unspecified atom stereocenters. The van der Waals surface area contributed by atoms with E-state index in [1.807, 2.05) is 0 Å². The Hall–Kier alpha value is -1.82. The molecule has 1 aromatic rings. The Morgan fingerprint density at radius 3 is 2.29 bits per heavy atom. The van der Waals surface area contributed by atoms with Crippen molar-refractivity contribution in [3.05, 3.63) is 29.8 Å². The predicted molar refractivity (Wildman–Crippen MR) is 79.6 cm³/mol. The van der Waals surface area contributed by atoms with Gasteiger partial charge in [-0.05, 0) is 26.0 Å². The van der Waals surface area contributed by atoms with Gasteiger partial charge in [-0.2, -0.15) is 0 Å². The molecule has 1 aromatic carbocycles. The summed E-state index contributed by atoms with van der Waals surface area (Å²) >= 11 is 1.33. The van der Waals surface area contributed by atoms with E-state index in [0.29, 0.717) is 5.56 Å². The zero-order chi connectivity index (χ0) is 15.8. The van der Waals surface area contributed by atoms with Gasteiger partial charge < -0.3 is 9.84 Å². The summed E-state index contributed by atoms with van der Waals surface area (Å²) in [6.07, 6.45) is -0.314. The molecule has 114 valence electrons. The van der Waals surface area contributed by atoms with E-state index in [9.17, 15) is 14.4 Å². The van der Waals surface area contributed by atoms with Crippen LogP contribution in [-0.2, 0) is 14.3 Å². The Kier molecular flexibility index (Phi) is 6.94. The van der Waals surface area contributed by atoms with Crippen molar-refractivity contribution in [1.29, 1.82) is 0 Å². The lowest BCUT2D eigenvalue weighted by atomic mass is 10.1. The first-order valence-electron chi connectivity index (χ1n) is 6.56. The maximum atomic E-state index is 11.7. The van der Waals surface area contributed by atoms with Crippen LogP contribution in [0.1, 0.15) is 37.0 Å². The molecule has 0 atom stereocenters. The summed E-state index contributed by atoms with van der Waals surface area (Å²) in [6.45, 7) is 3.58. The molecular formula is C15H18O5S. The van der Waals surface area contributed by atoms with E-state index in [2.05, 4.69) is 0 Å². The zero-order valence-corrected chi connectivity index (χ0v) is 12.8. The van der Waals surface area contributed by atoms with Crippen LogP contribution in [0.25, 0.3) is 0 Å². The molecule has 0 saturated heterocycles. The fourth-order valence-corrected chi connectivity index (χ4v) is 2.22. The first-order chi connectivity index (χ1) is 9.88. The number of thioether (sulfide) groups is 1. The van der Waals surface area contributed by atoms with Gasteiger partial charge in [0.15, 0.2) is 5.78 Å². The highest BCUT2D eigenvalue weighted by atomic mass is 32.2. The highest BCUT2D eigenvalue weighted by Crippen LogP contribution is 2.19. The van der Waals surface area contributed by atoms with Crippen molar-refractivity contribution in [1.82, 2.24) is 0 Å². The van der Waals surface area contributed by atoms with Crippen LogP contribution in [0, 0.1) is 0 Å². The van der Waals surface area contributed by atoms with Gasteiger partial charge in [-0.25, -0.2) is 0 Å². The lowest BCUT2D eigenvalue weighted by Crippen LogP contribution is -2.13. The Morgan fingerprint density at radius 1 is 1.14 bits per heavy atom. The van der Waals surface area contributed by atoms with Gasteiger partial charge in [0.05, 0.1) is 18.3 Å². The third-order valence-corrected chi connectivity index (χ3v) is 3.45. The number of esters is 1. The van der Waals surface area contributed by atoms with Crippen LogP contribution in [-0.4, -0.2) is 34.7 Å². The molecule has 5 nitrogen and oxygen atoms in total. The Morgan fingerprint density at radius 2 is 1.76 bits per heavy atom. The summed E-state index contributed by atoms with van der Waals surface area (Å²) in [4.78, 5) is 34.4. The van der Waals surface area contributed by atoms with E-state index in [4.69, 9.17) is 9.84 Å². The lowest BCUT2D eigenvalue weighted by Gasteiger charge is -2.07. The van der Waals surface area contributed by atoms with E-state index >= 15 is 0 Å². The van der Waals surface area contributed by atoms with Gasteiger partial charge in [0, 0.05) is 16.9 Å². The maximum Gasteiger partial charge on any atom is 0.316 e. The number of Topliss-reactive ketones (excluding diaryl/α,β-unsaturated/α-hetero) is 1. The third-order valence-electron chi connectivity index (χ3n) is 2.47. The number of aliphatic carboxylic acids is 1. The zero-order valence-electron chi connectivity index (χ0n) is 12.0. The van der Waals surface area contributed by atoms with Crippen molar-refractivity contribution in [3.63, 3.8) is 0 Å². The summed E-state index contributed by atoms with van der Waals surface area (Å²) in [6, 6.07) is 6.75. The molecule has 0 saturated carbocycles. The minimum atomic E-state index is -0.987. The number of hydrogen-bond acceptors (Lipinski definition) is 5. The van der Waals surface area contributed by atoms with Crippen LogP contribution in [0.2, 0.25) is 0 Å². The van der Waals surface area contributed by atoms with Crippen LogP contribution >= 0.6 is 11.8 Å². The fraction of sp³-hybridized carbons (Fsp3) is 0.400. The van der Waals surface area contributed by atoms with Gasteiger partial charge >= 0.3 is 11.9 Å². The fourth-order valence-electron chi connectivity index (χ4n) is 1.54. The summed E-state index contributed by atoms with van der Waals surface area (Å²) in [7, 11) is 0. The van der Waals surface area contributed by atoms with E-state index in [1.165, 1.54) is 11.8 Å². The number of hydrogen-bond donors (Lipinski definition) is 1. The van der Waals surface area contributed by atoms with Gasteiger partial charge in [0.1, 0.15) is 0 Å². The largest absolute Gasteiger partial charge is 0.481 e. The number of ketones is 1. The smallest absolute Gasteiger partial charge is 0.316 e. The second-order valence-corrected chi connectivity index (χ2v) is 5.72. The van der Waals surface area contributed by atoms with E-state index in [-0.39, 0.29) is 36.5 Å². The van der Waals surface area contributed by atoms with Gasteiger partial charge in [-0.1, -0.05) is 12.1 Å². The molecule has 21 heavy (non-hydrogen) atoms. The summed E-state index contributed by atoms with van der Waals surface area (Å²) in [5, 5.41) is 8.54. The van der Waals surface area contributed by atoms with Crippen LogP contribution in [0.4, 0.5) is 0 Å². The van der Waals surface area contributed by atoms with Gasteiger partial charge in [0.25, 0.3) is 0 Å². The second-order valence-electron chi connectivity index (χ2n) is 4.67. The molecule has 0 aliphatic rings. The third kappa shape index (κ3) is 6.94. The molecule has 0 aromatic heterocycles. The number of ether oxygens (including phenoxy) is 1. The quantitative estimate of drug-likeness (QED) is 0.452. The molecule has 0 spiro atoms. The standard InChI is InChI=1S/C15H18O5S/c1-10(2)20-15(19)9-21-12-5-3-11(4-6-12)13(16)7-8-14(17)18/h3-6,10H,7-9H2,1-2H3,(H,17,18). The average Bonchev–Trinajstić information content (AvgIpc) is 2.42. The molecule has 0 heterocycles. The van der Waals surface area contributed by atoms with Crippen molar-refractivity contribution in [2.24, 2.45) is 0 Å². The van der Waals surface area contributed by atoms with Crippen LogP contribution in [0.3, 0.4) is 0 Å². The van der Waals surface area contributed by atoms with Crippen LogP contribution in [0.15, 0.2) is 29.2 Å². The molecule has 0 aliphatic heterocycles. The minimum absolute atomic E-state index is 0.0114. The molecular weight excluding hydrogens is 292 g/mol. The second kappa shape index (κ2) is 8.46. The maximum absolute atomic E-state index is 11.7. The van der Waals surface area contributed by atoms with E-state index in [0.717, 1.165) is 4.90 Å². The molecule has 1 N–H and O–H groups in total. The monoisotopic (exact) mass is 310 g/mol. The molecule has 6 heteroatoms.